The van der Waals surface area contributed by atoms with Gasteiger partial charge in [0.2, 0.25) is 0 Å². The van der Waals surface area contributed by atoms with Crippen molar-refractivity contribution in [2.45, 2.75) is 6.42 Å². The quantitative estimate of drug-likeness (QED) is 0.674. The van der Waals surface area contributed by atoms with Gasteiger partial charge in [0.25, 0.3) is 0 Å². The molecule has 0 radical (unpaired) electrons. The fourth-order valence-electron chi connectivity index (χ4n) is 1.50. The molecule has 5 heteroatoms. The van der Waals surface area contributed by atoms with Crippen LogP contribution in [0.4, 0.5) is 5.82 Å². The predicted octanol–water partition coefficient (Wildman–Crippen LogP) is 0.264. The minimum Gasteiger partial charge on any atom is -0.491 e. The largest absolute Gasteiger partial charge is 0.491 e. The third-order valence-corrected chi connectivity index (χ3v) is 2.21. The normalized spacial score (nSPS) is 16.1. The van der Waals surface area contributed by atoms with Gasteiger partial charge in [0, 0.05) is 13.0 Å². The average molecular weight is 193 g/mol. The van der Waals surface area contributed by atoms with Gasteiger partial charge in [-0.2, -0.15) is 0 Å². The molecule has 5 nitrogen and oxygen atoms in total. The van der Waals surface area contributed by atoms with Crippen molar-refractivity contribution in [3.05, 3.63) is 12.5 Å². The second-order valence-corrected chi connectivity index (χ2v) is 3.12. The van der Waals surface area contributed by atoms with Crippen molar-refractivity contribution in [2.24, 2.45) is 0 Å². The highest BCUT2D eigenvalue weighted by Gasteiger charge is 2.23. The number of carbonyl (C=O) groups excluding carboxylic acids is 1. The lowest BCUT2D eigenvalue weighted by atomic mass is 10.4. The second-order valence-electron chi connectivity index (χ2n) is 3.12. The maximum absolute atomic E-state index is 11.1. The number of Topliss-reactive ketones (excluding diaryl/α,β-unsaturated/α-hetero) is 1. The summed E-state index contributed by atoms with van der Waals surface area (Å²) in [6, 6.07) is 0. The van der Waals surface area contributed by atoms with Crippen LogP contribution >= 0.6 is 0 Å². The Morgan fingerprint density at radius 3 is 3.07 bits per heavy atom. The van der Waals surface area contributed by atoms with Crippen molar-refractivity contribution in [2.75, 3.05) is 25.1 Å². The van der Waals surface area contributed by atoms with Crippen LogP contribution in [0.15, 0.2) is 12.5 Å². The van der Waals surface area contributed by atoms with Crippen LogP contribution < -0.4 is 9.64 Å². The summed E-state index contributed by atoms with van der Waals surface area (Å²) in [6.45, 7) is 1.14. The number of ether oxygens (including phenoxy) is 1. The van der Waals surface area contributed by atoms with Crippen LogP contribution in [-0.2, 0) is 4.79 Å². The lowest BCUT2D eigenvalue weighted by Crippen LogP contribution is -2.21. The Morgan fingerprint density at radius 2 is 2.43 bits per heavy atom. The van der Waals surface area contributed by atoms with E-state index in [4.69, 9.17) is 4.74 Å². The molecule has 1 fully saturated rings. The third-order valence-electron chi connectivity index (χ3n) is 2.21. The Balaban J connectivity index is 2.27. The van der Waals surface area contributed by atoms with Gasteiger partial charge in [-0.25, -0.2) is 9.97 Å². The summed E-state index contributed by atoms with van der Waals surface area (Å²) in [6.07, 6.45) is 3.65. The van der Waals surface area contributed by atoms with Gasteiger partial charge in [-0.3, -0.25) is 4.79 Å². The molecule has 0 unspecified atom stereocenters. The molecular weight excluding hydrogens is 182 g/mol. The molecule has 1 saturated heterocycles. The van der Waals surface area contributed by atoms with Gasteiger partial charge < -0.3 is 9.64 Å². The van der Waals surface area contributed by atoms with E-state index >= 15 is 0 Å². The average Bonchev–Trinajstić information content (AvgIpc) is 2.65. The highest BCUT2D eigenvalue weighted by molar-refractivity contribution is 5.87. The topological polar surface area (TPSA) is 55.3 Å². The summed E-state index contributed by atoms with van der Waals surface area (Å²) < 4.78 is 5.12. The molecule has 1 aliphatic rings. The van der Waals surface area contributed by atoms with Crippen molar-refractivity contribution in [3.8, 4) is 5.75 Å². The van der Waals surface area contributed by atoms with Crippen LogP contribution in [0.2, 0.25) is 0 Å². The van der Waals surface area contributed by atoms with Crippen LogP contribution in [0.3, 0.4) is 0 Å². The van der Waals surface area contributed by atoms with Crippen LogP contribution in [0.5, 0.6) is 5.75 Å². The Hall–Kier alpha value is -1.65. The van der Waals surface area contributed by atoms with Gasteiger partial charge in [0.1, 0.15) is 6.33 Å². The molecule has 14 heavy (non-hydrogen) atoms. The van der Waals surface area contributed by atoms with Gasteiger partial charge in [0.05, 0.1) is 19.9 Å². The molecule has 1 aromatic heterocycles. The number of ketones is 1. The fraction of sp³-hybridized carbons (Fsp3) is 0.444. The molecule has 0 spiro atoms. The minimum atomic E-state index is 0.241. The van der Waals surface area contributed by atoms with Crippen LogP contribution in [0.1, 0.15) is 6.42 Å². The van der Waals surface area contributed by atoms with Crippen molar-refractivity contribution < 1.29 is 9.53 Å². The maximum Gasteiger partial charge on any atom is 0.179 e. The SMILES string of the molecule is COc1cncnc1N1CCC(=O)C1. The number of rotatable bonds is 2. The maximum atomic E-state index is 11.1. The van der Waals surface area contributed by atoms with E-state index in [1.807, 2.05) is 4.90 Å². The smallest absolute Gasteiger partial charge is 0.179 e. The van der Waals surface area contributed by atoms with Gasteiger partial charge in [0.15, 0.2) is 17.4 Å². The zero-order valence-electron chi connectivity index (χ0n) is 7.93. The molecule has 0 N–H and O–H groups in total. The molecule has 0 amide bonds. The number of methoxy groups -OCH3 is 1. The second kappa shape index (κ2) is 3.61. The first-order valence-corrected chi connectivity index (χ1v) is 4.42. The molecule has 2 heterocycles. The van der Waals surface area contributed by atoms with Crippen LogP contribution in [0.25, 0.3) is 0 Å². The first-order chi connectivity index (χ1) is 6.81. The van der Waals surface area contributed by atoms with E-state index in [1.165, 1.54) is 6.33 Å². The van der Waals surface area contributed by atoms with E-state index in [0.717, 1.165) is 0 Å². The third kappa shape index (κ3) is 1.53. The fourth-order valence-corrected chi connectivity index (χ4v) is 1.50. The van der Waals surface area contributed by atoms with E-state index in [9.17, 15) is 4.79 Å². The van der Waals surface area contributed by atoms with Crippen molar-refractivity contribution in [1.82, 2.24) is 9.97 Å². The molecule has 0 atom stereocenters. The zero-order chi connectivity index (χ0) is 9.97. The van der Waals surface area contributed by atoms with Crippen molar-refractivity contribution in [1.29, 1.82) is 0 Å². The molecular formula is C9H11N3O2. The van der Waals surface area contributed by atoms with Crippen LogP contribution in [0, 0.1) is 0 Å². The number of hydrogen-bond donors (Lipinski definition) is 0. The zero-order valence-corrected chi connectivity index (χ0v) is 7.93. The van der Waals surface area contributed by atoms with E-state index in [2.05, 4.69) is 9.97 Å². The van der Waals surface area contributed by atoms with Crippen molar-refractivity contribution in [3.63, 3.8) is 0 Å². The summed E-state index contributed by atoms with van der Waals surface area (Å²) in [5.74, 6) is 1.56. The Morgan fingerprint density at radius 1 is 1.57 bits per heavy atom. The number of hydrogen-bond acceptors (Lipinski definition) is 5. The summed E-state index contributed by atoms with van der Waals surface area (Å²) in [5.41, 5.74) is 0. The highest BCUT2D eigenvalue weighted by atomic mass is 16.5. The first-order valence-electron chi connectivity index (χ1n) is 4.42. The Kier molecular flexibility index (Phi) is 2.30. The first kappa shape index (κ1) is 8.93. The highest BCUT2D eigenvalue weighted by Crippen LogP contribution is 2.25. The van der Waals surface area contributed by atoms with Gasteiger partial charge in [-0.1, -0.05) is 0 Å². The number of anilines is 1. The number of aromatic nitrogens is 2. The number of nitrogens with zero attached hydrogens (tertiary/aromatic N) is 3. The molecule has 2 rings (SSSR count). The van der Waals surface area contributed by atoms with Gasteiger partial charge in [-0.05, 0) is 0 Å². The Labute approximate surface area is 81.7 Å². The van der Waals surface area contributed by atoms with E-state index in [1.54, 1.807) is 13.3 Å². The molecule has 0 aliphatic carbocycles. The van der Waals surface area contributed by atoms with Crippen LogP contribution in [-0.4, -0.2) is 36.0 Å². The molecule has 1 aliphatic heterocycles. The Bertz CT molecular complexity index is 354. The standard InChI is InChI=1S/C9H11N3O2/c1-14-8-4-10-6-11-9(8)12-3-2-7(13)5-12/h4,6H,2-3,5H2,1H3. The van der Waals surface area contributed by atoms with Crippen molar-refractivity contribution >= 4 is 11.6 Å². The summed E-state index contributed by atoms with van der Waals surface area (Å²) in [7, 11) is 1.57. The summed E-state index contributed by atoms with van der Waals surface area (Å²) in [4.78, 5) is 21.0. The lowest BCUT2D eigenvalue weighted by molar-refractivity contribution is -0.116. The van der Waals surface area contributed by atoms with Gasteiger partial charge >= 0.3 is 0 Å². The number of carbonyl (C=O) groups is 1. The molecule has 0 aromatic carbocycles. The van der Waals surface area contributed by atoms with E-state index in [-0.39, 0.29) is 5.78 Å². The minimum absolute atomic E-state index is 0.241. The molecule has 0 saturated carbocycles. The van der Waals surface area contributed by atoms with Gasteiger partial charge in [-0.15, -0.1) is 0 Å². The molecule has 1 aromatic rings. The van der Waals surface area contributed by atoms with E-state index < -0.39 is 0 Å². The monoisotopic (exact) mass is 193 g/mol. The van der Waals surface area contributed by atoms with E-state index in [0.29, 0.717) is 31.1 Å². The molecule has 74 valence electrons. The predicted molar refractivity (Wildman–Crippen MR) is 50.4 cm³/mol. The summed E-state index contributed by atoms with van der Waals surface area (Å²) in [5, 5.41) is 0. The summed E-state index contributed by atoms with van der Waals surface area (Å²) >= 11 is 0. The lowest BCUT2D eigenvalue weighted by Gasteiger charge is -2.17. The molecule has 0 bridgehead atoms.